The zero-order valence-electron chi connectivity index (χ0n) is 46.4. The Hall–Kier alpha value is -2.14. The van der Waals surface area contributed by atoms with E-state index in [1.165, 1.54) is 116 Å². The second-order valence-corrected chi connectivity index (χ2v) is 20.2. The van der Waals surface area contributed by atoms with E-state index in [2.05, 4.69) is 21.1 Å². The third kappa shape index (κ3) is 51.4. The number of carbonyl (C=O) groups is 4. The van der Waals surface area contributed by atoms with Gasteiger partial charge in [-0.1, -0.05) is 141 Å². The van der Waals surface area contributed by atoms with Crippen LogP contribution in [0, 0.1) is 5.92 Å². The first-order valence-corrected chi connectivity index (χ1v) is 29.1. The zero-order chi connectivity index (χ0) is 53.0. The Kier molecular flexibility index (Phi) is 52.1. The molecule has 0 aliphatic rings. The van der Waals surface area contributed by atoms with Crippen LogP contribution < -0.4 is 21.1 Å². The predicted octanol–water partition coefficient (Wildman–Crippen LogP) is 8.58. The maximum Gasteiger partial charge on any atom is 0.373 e. The first-order chi connectivity index (χ1) is 35.0. The van der Waals surface area contributed by atoms with Gasteiger partial charge in [-0.05, 0) is 84.0 Å². The van der Waals surface area contributed by atoms with Crippen molar-refractivity contribution in [3.8, 4) is 0 Å². The number of rotatable bonds is 56. The lowest BCUT2D eigenvalue weighted by molar-refractivity contribution is -0.122. The van der Waals surface area contributed by atoms with E-state index in [4.69, 9.17) is 29.9 Å². The molecule has 0 rings (SSSR count). The summed E-state index contributed by atoms with van der Waals surface area (Å²) in [5.41, 5.74) is 0. The van der Waals surface area contributed by atoms with Gasteiger partial charge >= 0.3 is 14.1 Å². The van der Waals surface area contributed by atoms with Crippen LogP contribution in [0.1, 0.15) is 205 Å². The molecule has 0 heterocycles. The summed E-state index contributed by atoms with van der Waals surface area (Å²) in [6.45, 7) is 10.5. The van der Waals surface area contributed by atoms with Gasteiger partial charge in [0.1, 0.15) is 0 Å². The van der Waals surface area contributed by atoms with Crippen molar-refractivity contribution < 1.29 is 43.4 Å². The molecular formula is C53H106B4N6O9. The van der Waals surface area contributed by atoms with Crippen molar-refractivity contribution in [1.82, 2.24) is 30.9 Å². The summed E-state index contributed by atoms with van der Waals surface area (Å²) in [7, 11) is 12.1. The number of nitrogens with zero attached hydrogens (tertiary/aromatic N) is 2. The van der Waals surface area contributed by atoms with Crippen LogP contribution >= 0.6 is 0 Å². The van der Waals surface area contributed by atoms with Gasteiger partial charge < -0.3 is 55.1 Å². The van der Waals surface area contributed by atoms with Crippen molar-refractivity contribution in [3.63, 3.8) is 0 Å². The lowest BCUT2D eigenvalue weighted by atomic mass is 9.89. The summed E-state index contributed by atoms with van der Waals surface area (Å²) in [6, 6.07) is 0. The van der Waals surface area contributed by atoms with Gasteiger partial charge in [0.05, 0.1) is 33.0 Å². The van der Waals surface area contributed by atoms with Crippen LogP contribution in [0.5, 0.6) is 0 Å². The number of carbonyl (C=O) groups excluding carboxylic acids is 4. The Morgan fingerprint density at radius 1 is 0.444 bits per heavy atom. The number of methoxy groups -OCH3 is 1. The highest BCUT2D eigenvalue weighted by molar-refractivity contribution is 6.57. The fourth-order valence-corrected chi connectivity index (χ4v) is 8.87. The molecule has 0 fully saturated rings. The first kappa shape index (κ1) is 69.9. The maximum absolute atomic E-state index is 12.5. The van der Waals surface area contributed by atoms with E-state index >= 15 is 0 Å². The Labute approximate surface area is 443 Å². The molecule has 0 aromatic rings. The quantitative estimate of drug-likeness (QED) is 0.0253. The van der Waals surface area contributed by atoms with E-state index in [1.807, 2.05) is 0 Å². The molecule has 0 atom stereocenters. The summed E-state index contributed by atoms with van der Waals surface area (Å²) >= 11 is 0. The molecule has 0 aromatic heterocycles. The van der Waals surface area contributed by atoms with E-state index in [0.29, 0.717) is 91.7 Å². The van der Waals surface area contributed by atoms with Crippen molar-refractivity contribution in [2.24, 2.45) is 5.92 Å². The fourth-order valence-electron chi connectivity index (χ4n) is 8.87. The normalized spacial score (nSPS) is 11.3. The third-order valence-electron chi connectivity index (χ3n) is 13.2. The van der Waals surface area contributed by atoms with E-state index in [-0.39, 0.29) is 17.7 Å². The summed E-state index contributed by atoms with van der Waals surface area (Å²) in [5.74, 6) is -0.746. The molecule has 0 saturated heterocycles. The molecule has 19 heteroatoms. The van der Waals surface area contributed by atoms with Gasteiger partial charge in [-0.3, -0.25) is 19.2 Å². The highest BCUT2D eigenvalue weighted by Crippen LogP contribution is 2.18. The Morgan fingerprint density at radius 3 is 1.17 bits per heavy atom. The molecule has 6 N–H and O–H groups in total. The standard InChI is InChI=1S/C53H106B4N6O9/c1-56(68)60-38-29-31-40-62(52(54)66)47-49(48-63(53(55)67)41-32-30-39-61-57(2)69)33-25-22-24-28-36-58-50(64)34-26-21-19-17-15-13-11-9-7-5-4-6-8-10-12-14-16-18-20-23-27-37-59-51(65)35-42-71-45-46-72-44-43-70-3/h49,60-61,68-69H,4-48H2,1-3H3,(H,58,64)(H,59,65). The minimum absolute atomic E-state index is 0.0123. The summed E-state index contributed by atoms with van der Waals surface area (Å²) in [5, 5.41) is 31.0. The predicted molar refractivity (Wildman–Crippen MR) is 300 cm³/mol. The molecule has 0 unspecified atom stereocenters. The SMILES string of the molecule is [B]C(=O)N(CCCCNB(C)O)CC(CCCCCCNC(=O)CCCCCCCCCCCCCCCCCCCCCCCNC(=O)CCOCCOCCOC)CN(CCCCNB(C)O)C([B])=O. The number of unbranched alkanes of at least 4 members (excludes halogenated alkanes) is 25. The van der Waals surface area contributed by atoms with Crippen molar-refractivity contribution >= 4 is 53.2 Å². The summed E-state index contributed by atoms with van der Waals surface area (Å²) in [6.07, 6.45) is 35.6. The fraction of sp³-hybridized carbons (Fsp3) is 0.925. The van der Waals surface area contributed by atoms with Crippen molar-refractivity contribution in [1.29, 1.82) is 0 Å². The van der Waals surface area contributed by atoms with Crippen LogP contribution in [0.3, 0.4) is 0 Å². The van der Waals surface area contributed by atoms with Gasteiger partial charge in [-0.2, -0.15) is 0 Å². The molecular weight excluding hydrogens is 908 g/mol. The number of hydrogen-bond acceptors (Lipinski definition) is 11. The van der Waals surface area contributed by atoms with E-state index in [1.54, 1.807) is 30.6 Å². The smallest absolute Gasteiger partial charge is 0.373 e. The first-order valence-electron chi connectivity index (χ1n) is 29.1. The Morgan fingerprint density at radius 2 is 0.778 bits per heavy atom. The van der Waals surface area contributed by atoms with Crippen molar-refractivity contribution in [3.05, 3.63) is 0 Å². The minimum atomic E-state index is -0.583. The number of amides is 4. The van der Waals surface area contributed by atoms with Crippen LogP contribution in [-0.4, -0.2) is 166 Å². The molecule has 15 nitrogen and oxygen atoms in total. The number of ether oxygens (including phenoxy) is 3. The van der Waals surface area contributed by atoms with E-state index in [0.717, 1.165) is 83.6 Å². The maximum atomic E-state index is 12.5. The van der Waals surface area contributed by atoms with Crippen LogP contribution in [0.15, 0.2) is 0 Å². The molecule has 0 aromatic carbocycles. The highest BCUT2D eigenvalue weighted by atomic mass is 16.5. The second-order valence-electron chi connectivity index (χ2n) is 20.2. The van der Waals surface area contributed by atoms with Gasteiger partial charge in [0.25, 0.3) is 0 Å². The molecule has 0 aliphatic carbocycles. The number of nitrogens with one attached hydrogen (secondary N) is 4. The number of hydrogen-bond donors (Lipinski definition) is 6. The Balaban J connectivity index is 3.87. The molecule has 0 aliphatic heterocycles. The lowest BCUT2D eigenvalue weighted by Crippen LogP contribution is -2.42. The van der Waals surface area contributed by atoms with Crippen LogP contribution in [0.2, 0.25) is 13.6 Å². The molecule has 4 radical (unpaired) electrons. The summed E-state index contributed by atoms with van der Waals surface area (Å²) in [4.78, 5) is 52.5. The summed E-state index contributed by atoms with van der Waals surface area (Å²) < 4.78 is 15.7. The van der Waals surface area contributed by atoms with Crippen molar-refractivity contribution in [2.45, 2.75) is 219 Å². The lowest BCUT2D eigenvalue weighted by Gasteiger charge is -2.32. The van der Waals surface area contributed by atoms with Crippen LogP contribution in [-0.2, 0) is 23.8 Å². The third-order valence-corrected chi connectivity index (χ3v) is 13.2. The second kappa shape index (κ2) is 53.7. The van der Waals surface area contributed by atoms with Crippen LogP contribution in [0.4, 0.5) is 9.59 Å². The van der Waals surface area contributed by atoms with E-state index < -0.39 is 25.7 Å². The molecule has 414 valence electrons. The van der Waals surface area contributed by atoms with E-state index in [9.17, 15) is 29.2 Å². The van der Waals surface area contributed by atoms with Gasteiger partial charge in [-0.25, -0.2) is 0 Å². The molecule has 0 spiro atoms. The van der Waals surface area contributed by atoms with Gasteiger partial charge in [0.2, 0.25) is 27.5 Å². The van der Waals surface area contributed by atoms with Gasteiger partial charge in [0, 0.05) is 59.2 Å². The average molecular weight is 1010 g/mol. The van der Waals surface area contributed by atoms with Gasteiger partial charge in [-0.15, -0.1) is 0 Å². The highest BCUT2D eigenvalue weighted by Gasteiger charge is 2.21. The molecule has 72 heavy (non-hydrogen) atoms. The average Bonchev–Trinajstić information content (AvgIpc) is 3.34. The minimum Gasteiger partial charge on any atom is -0.437 e. The topological polar surface area (TPSA) is 191 Å². The zero-order valence-corrected chi connectivity index (χ0v) is 46.4. The molecule has 4 amide bonds. The van der Waals surface area contributed by atoms with Gasteiger partial charge in [0.15, 0.2) is 11.6 Å². The Bertz CT molecular complexity index is 1220. The monoisotopic (exact) mass is 1010 g/mol. The van der Waals surface area contributed by atoms with Crippen LogP contribution in [0.25, 0.3) is 0 Å². The molecule has 0 bridgehead atoms. The molecule has 0 saturated carbocycles. The van der Waals surface area contributed by atoms with Crippen molar-refractivity contribution in [2.75, 3.05) is 92.5 Å². The largest absolute Gasteiger partial charge is 0.437 e.